The van der Waals surface area contributed by atoms with Gasteiger partial charge in [-0.2, -0.15) is 10.1 Å². The third-order valence-electron chi connectivity index (χ3n) is 5.03. The van der Waals surface area contributed by atoms with Crippen molar-refractivity contribution < 1.29 is 4.92 Å². The molecule has 3 aromatic rings. The van der Waals surface area contributed by atoms with E-state index in [1.54, 1.807) is 16.8 Å². The van der Waals surface area contributed by atoms with Crippen LogP contribution >= 0.6 is 0 Å². The summed E-state index contributed by atoms with van der Waals surface area (Å²) in [4.78, 5) is 15.1. The molecule has 0 saturated carbocycles. The van der Waals surface area contributed by atoms with Gasteiger partial charge in [-0.15, -0.1) is 0 Å². The fourth-order valence-electron chi connectivity index (χ4n) is 3.44. The fraction of sp³-hybridized carbons (Fsp3) is 0.263. The molecule has 2 atom stereocenters. The topological polar surface area (TPSA) is 85.9 Å². The summed E-state index contributed by atoms with van der Waals surface area (Å²) in [6, 6.07) is 13.1. The van der Waals surface area contributed by atoms with E-state index in [2.05, 4.69) is 47.4 Å². The van der Waals surface area contributed by atoms with Crippen LogP contribution in [0.1, 0.15) is 40.8 Å². The van der Waals surface area contributed by atoms with Gasteiger partial charge in [0.25, 0.3) is 5.69 Å². The Bertz CT molecular complexity index is 982. The quantitative estimate of drug-likeness (QED) is 0.571. The van der Waals surface area contributed by atoms with Crippen LogP contribution in [0.3, 0.4) is 0 Å². The van der Waals surface area contributed by atoms with Gasteiger partial charge >= 0.3 is 0 Å². The zero-order chi connectivity index (χ0) is 18.3. The first kappa shape index (κ1) is 16.3. The molecule has 0 aliphatic carbocycles. The summed E-state index contributed by atoms with van der Waals surface area (Å²) in [5.41, 5.74) is 4.62. The number of aromatic nitrogens is 3. The van der Waals surface area contributed by atoms with Gasteiger partial charge in [0.1, 0.15) is 6.33 Å². The molecule has 7 nitrogen and oxygen atoms in total. The molecule has 7 heteroatoms. The molecule has 1 aliphatic rings. The highest BCUT2D eigenvalue weighted by Gasteiger charge is 2.30. The fourth-order valence-corrected chi connectivity index (χ4v) is 3.44. The lowest BCUT2D eigenvalue weighted by atomic mass is 9.92. The van der Waals surface area contributed by atoms with Crippen LogP contribution in [-0.2, 0) is 0 Å². The van der Waals surface area contributed by atoms with E-state index in [1.165, 1.54) is 29.1 Å². The summed E-state index contributed by atoms with van der Waals surface area (Å²) in [7, 11) is 0. The van der Waals surface area contributed by atoms with Gasteiger partial charge in [0.15, 0.2) is 0 Å². The Kier molecular flexibility index (Phi) is 3.91. The molecule has 2 aromatic carbocycles. The van der Waals surface area contributed by atoms with Crippen molar-refractivity contribution in [3.8, 4) is 0 Å². The Labute approximate surface area is 150 Å². The number of rotatable bonds is 3. The SMILES string of the molecule is Cc1ccc([C@@H]2C[C@H](c3cccc([N+](=O)[O-])c3)n3ncnc3N2)cc1C. The second kappa shape index (κ2) is 6.25. The van der Waals surface area contributed by atoms with Crippen LogP contribution in [0.25, 0.3) is 0 Å². The molecule has 0 fully saturated rings. The molecular weight excluding hydrogens is 330 g/mol. The number of hydrogen-bond donors (Lipinski definition) is 1. The largest absolute Gasteiger partial charge is 0.348 e. The summed E-state index contributed by atoms with van der Waals surface area (Å²) >= 11 is 0. The lowest BCUT2D eigenvalue weighted by molar-refractivity contribution is -0.384. The van der Waals surface area contributed by atoms with Gasteiger partial charge in [-0.3, -0.25) is 10.1 Å². The Hall–Kier alpha value is -3.22. The predicted molar refractivity (Wildman–Crippen MR) is 98.2 cm³/mol. The monoisotopic (exact) mass is 349 g/mol. The van der Waals surface area contributed by atoms with Gasteiger partial charge < -0.3 is 5.32 Å². The number of nitrogens with zero attached hydrogens (tertiary/aromatic N) is 4. The molecule has 4 rings (SSSR count). The molecule has 1 N–H and O–H groups in total. The average Bonchev–Trinajstić information content (AvgIpc) is 3.12. The molecule has 132 valence electrons. The summed E-state index contributed by atoms with van der Waals surface area (Å²) in [5, 5.41) is 18.9. The van der Waals surface area contributed by atoms with Crippen molar-refractivity contribution in [3.63, 3.8) is 0 Å². The number of non-ortho nitro benzene ring substituents is 1. The Morgan fingerprint density at radius 3 is 2.77 bits per heavy atom. The van der Waals surface area contributed by atoms with Gasteiger partial charge in [-0.05, 0) is 42.5 Å². The first-order valence-electron chi connectivity index (χ1n) is 8.50. The van der Waals surface area contributed by atoms with Crippen molar-refractivity contribution >= 4 is 11.6 Å². The first-order valence-corrected chi connectivity index (χ1v) is 8.50. The van der Waals surface area contributed by atoms with Crippen molar-refractivity contribution in [2.24, 2.45) is 0 Å². The lowest BCUT2D eigenvalue weighted by Gasteiger charge is -2.32. The van der Waals surface area contributed by atoms with Gasteiger partial charge in [0.2, 0.25) is 5.95 Å². The maximum absolute atomic E-state index is 11.1. The van der Waals surface area contributed by atoms with Gasteiger partial charge in [0.05, 0.1) is 17.0 Å². The van der Waals surface area contributed by atoms with Crippen molar-refractivity contribution in [1.29, 1.82) is 0 Å². The van der Waals surface area contributed by atoms with Crippen LogP contribution in [0.5, 0.6) is 0 Å². The Morgan fingerprint density at radius 2 is 2.00 bits per heavy atom. The summed E-state index contributed by atoms with van der Waals surface area (Å²) in [6.07, 6.45) is 2.25. The number of fused-ring (bicyclic) bond motifs is 1. The van der Waals surface area contributed by atoms with Crippen LogP contribution < -0.4 is 5.32 Å². The number of nitro groups is 1. The minimum absolute atomic E-state index is 0.0651. The maximum atomic E-state index is 11.1. The van der Waals surface area contributed by atoms with Gasteiger partial charge in [-0.25, -0.2) is 4.68 Å². The molecule has 0 bridgehead atoms. The summed E-state index contributed by atoms with van der Waals surface area (Å²) < 4.78 is 1.80. The zero-order valence-electron chi connectivity index (χ0n) is 14.6. The van der Waals surface area contributed by atoms with E-state index in [1.807, 2.05) is 6.07 Å². The van der Waals surface area contributed by atoms with Crippen molar-refractivity contribution in [1.82, 2.24) is 14.8 Å². The second-order valence-electron chi connectivity index (χ2n) is 6.67. The third kappa shape index (κ3) is 2.81. The van der Waals surface area contributed by atoms with E-state index in [0.717, 1.165) is 12.0 Å². The summed E-state index contributed by atoms with van der Waals surface area (Å²) in [5.74, 6) is 0.677. The van der Waals surface area contributed by atoms with Crippen LogP contribution in [0, 0.1) is 24.0 Å². The Balaban J connectivity index is 1.74. The van der Waals surface area contributed by atoms with Crippen LogP contribution in [0.4, 0.5) is 11.6 Å². The summed E-state index contributed by atoms with van der Waals surface area (Å²) in [6.45, 7) is 4.19. The standard InChI is InChI=1S/C19H19N5O2/c1-12-6-7-14(8-13(12)2)17-10-18(23-19(22-17)20-11-21-23)15-4-3-5-16(9-15)24(25)26/h3-9,11,17-18H,10H2,1-2H3,(H,20,21,22)/t17-,18+/m0/s1. The number of benzene rings is 2. The smallest absolute Gasteiger partial charge is 0.269 e. The number of nitrogens with one attached hydrogen (secondary N) is 1. The van der Waals surface area contributed by atoms with Crippen molar-refractivity contribution in [2.45, 2.75) is 32.4 Å². The van der Waals surface area contributed by atoms with Crippen molar-refractivity contribution in [2.75, 3.05) is 5.32 Å². The highest BCUT2D eigenvalue weighted by molar-refractivity contribution is 5.42. The average molecular weight is 349 g/mol. The number of anilines is 1. The molecule has 26 heavy (non-hydrogen) atoms. The lowest BCUT2D eigenvalue weighted by Crippen LogP contribution is -2.28. The molecular formula is C19H19N5O2. The van der Waals surface area contributed by atoms with Crippen LogP contribution in [0.2, 0.25) is 0 Å². The second-order valence-corrected chi connectivity index (χ2v) is 6.67. The molecule has 0 spiro atoms. The molecule has 0 unspecified atom stereocenters. The highest BCUT2D eigenvalue weighted by atomic mass is 16.6. The van der Waals surface area contributed by atoms with E-state index in [-0.39, 0.29) is 22.7 Å². The number of nitro benzene ring substituents is 1. The van der Waals surface area contributed by atoms with Crippen LogP contribution in [0.15, 0.2) is 48.8 Å². The molecule has 0 radical (unpaired) electrons. The van der Waals surface area contributed by atoms with Crippen LogP contribution in [-0.4, -0.2) is 19.7 Å². The van der Waals surface area contributed by atoms with Gasteiger partial charge in [0, 0.05) is 12.1 Å². The van der Waals surface area contributed by atoms with Gasteiger partial charge in [-0.1, -0.05) is 30.3 Å². The molecule has 1 aliphatic heterocycles. The zero-order valence-corrected chi connectivity index (χ0v) is 14.6. The Morgan fingerprint density at radius 1 is 1.15 bits per heavy atom. The van der Waals surface area contributed by atoms with E-state index in [9.17, 15) is 10.1 Å². The molecule has 0 amide bonds. The normalized spacial score (nSPS) is 18.8. The molecule has 0 saturated heterocycles. The van der Waals surface area contributed by atoms with Crippen molar-refractivity contribution in [3.05, 3.63) is 81.2 Å². The minimum Gasteiger partial charge on any atom is -0.348 e. The third-order valence-corrected chi connectivity index (χ3v) is 5.03. The molecule has 2 heterocycles. The maximum Gasteiger partial charge on any atom is 0.269 e. The van der Waals surface area contributed by atoms with E-state index in [4.69, 9.17) is 0 Å². The number of aryl methyl sites for hydroxylation is 2. The minimum atomic E-state index is -0.367. The van der Waals surface area contributed by atoms with E-state index >= 15 is 0 Å². The van der Waals surface area contributed by atoms with E-state index in [0.29, 0.717) is 5.95 Å². The van der Waals surface area contributed by atoms with E-state index < -0.39 is 0 Å². The highest BCUT2D eigenvalue weighted by Crippen LogP contribution is 2.38. The molecule has 1 aromatic heterocycles. The first-order chi connectivity index (χ1) is 12.5. The predicted octanol–water partition coefficient (Wildman–Crippen LogP) is 3.95. The number of hydrogen-bond acceptors (Lipinski definition) is 5.